The molecule has 0 radical (unpaired) electrons. The molecule has 2 aromatic carbocycles. The number of benzene rings is 2. The number of halogens is 2. The van der Waals surface area contributed by atoms with Gasteiger partial charge in [0.1, 0.15) is 0 Å². The molecule has 132 valence electrons. The topological polar surface area (TPSA) is 27.9 Å². The van der Waals surface area contributed by atoms with E-state index in [0.717, 1.165) is 11.4 Å². The summed E-state index contributed by atoms with van der Waals surface area (Å²) in [5.74, 6) is 0. The van der Waals surface area contributed by atoms with Gasteiger partial charge in [-0.2, -0.15) is 0 Å². The lowest BCUT2D eigenvalue weighted by Gasteiger charge is -1.94. The van der Waals surface area contributed by atoms with Crippen molar-refractivity contribution in [2.45, 2.75) is 0 Å². The van der Waals surface area contributed by atoms with Crippen molar-refractivity contribution in [3.8, 4) is 0 Å². The summed E-state index contributed by atoms with van der Waals surface area (Å²) >= 11 is 0. The van der Waals surface area contributed by atoms with Crippen LogP contribution in [0.25, 0.3) is 12.2 Å². The molecule has 2 nitrogen and oxygen atoms in total. The fourth-order valence-electron chi connectivity index (χ4n) is 2.38. The molecule has 4 heteroatoms. The Kier molecular flexibility index (Phi) is 9.70. The number of allylic oxidation sites excluding steroid dienone is 6. The molecule has 2 N–H and O–H groups in total. The minimum Gasteiger partial charge on any atom is -1.00 e. The molecule has 2 aliphatic rings. The van der Waals surface area contributed by atoms with Crippen LogP contribution in [0.4, 0.5) is 11.4 Å². The first-order chi connectivity index (χ1) is 11.9. The van der Waals surface area contributed by atoms with Crippen molar-refractivity contribution in [2.75, 3.05) is 0 Å². The number of hydrogen-bond acceptors (Lipinski definition) is 0. The highest BCUT2D eigenvalue weighted by Gasteiger charge is 2.01. The Labute approximate surface area is 166 Å². The Morgan fingerprint density at radius 2 is 0.885 bits per heavy atom. The second-order valence-corrected chi connectivity index (χ2v) is 5.28. The summed E-state index contributed by atoms with van der Waals surface area (Å²) in [6.07, 6.45) is 20.1. The van der Waals surface area contributed by atoms with Gasteiger partial charge in [-0.25, -0.2) is 9.98 Å². The van der Waals surface area contributed by atoms with Crippen LogP contribution in [0.15, 0.2) is 85.0 Å². The fraction of sp³-hybridized carbons (Fsp3) is 0. The lowest BCUT2D eigenvalue weighted by Crippen LogP contribution is -3.00. The minimum absolute atomic E-state index is 0. The number of nitrogens with one attached hydrogen (secondary N) is 2. The Morgan fingerprint density at radius 3 is 1.35 bits per heavy atom. The summed E-state index contributed by atoms with van der Waals surface area (Å²) in [5.41, 5.74) is 4.74. The van der Waals surface area contributed by atoms with Crippen molar-refractivity contribution < 1.29 is 34.8 Å². The Bertz CT molecular complexity index is 732. The largest absolute Gasteiger partial charge is 1.00 e. The van der Waals surface area contributed by atoms with Crippen molar-refractivity contribution in [1.82, 2.24) is 0 Å². The molecule has 2 aliphatic heterocycles. The van der Waals surface area contributed by atoms with Gasteiger partial charge in [0.25, 0.3) is 0 Å². The van der Waals surface area contributed by atoms with Gasteiger partial charge in [0, 0.05) is 35.4 Å². The molecular formula is C22H20Cl2N2. The number of hydrogen-bond donors (Lipinski definition) is 2. The van der Waals surface area contributed by atoms with Gasteiger partial charge in [0.15, 0.2) is 12.4 Å². The Hall–Kier alpha value is -2.68. The molecule has 0 atom stereocenters. The zero-order chi connectivity index (χ0) is 16.5. The molecule has 0 aromatic heterocycles. The van der Waals surface area contributed by atoms with Crippen LogP contribution < -0.4 is 34.8 Å². The monoisotopic (exact) mass is 382 g/mol. The third kappa shape index (κ3) is 6.32. The van der Waals surface area contributed by atoms with Gasteiger partial charge in [0.05, 0.1) is 0 Å². The number of para-hydroxylation sites is 2. The lowest BCUT2D eigenvalue weighted by molar-refractivity contribution is -0.347. The standard InChI is InChI=1S/2C11H9N.2ClH/c2*1-2-6-10-7-3-4-8-11(10)12-9-5-1;;/h2*1-9H;2*1H. The summed E-state index contributed by atoms with van der Waals surface area (Å²) < 4.78 is 0. The van der Waals surface area contributed by atoms with Gasteiger partial charge in [-0.05, 0) is 24.3 Å². The zero-order valence-corrected chi connectivity index (χ0v) is 15.7. The van der Waals surface area contributed by atoms with Gasteiger partial charge in [-0.1, -0.05) is 48.6 Å². The first-order valence-electron chi connectivity index (χ1n) is 7.98. The maximum atomic E-state index is 3.20. The van der Waals surface area contributed by atoms with Crippen LogP contribution in [0.3, 0.4) is 0 Å². The maximum Gasteiger partial charge on any atom is 0.210 e. The van der Waals surface area contributed by atoms with Crippen LogP contribution in [-0.4, -0.2) is 12.4 Å². The molecule has 2 aromatic rings. The van der Waals surface area contributed by atoms with Crippen LogP contribution in [0.5, 0.6) is 0 Å². The van der Waals surface area contributed by atoms with E-state index >= 15 is 0 Å². The van der Waals surface area contributed by atoms with E-state index in [1.807, 2.05) is 73.2 Å². The Balaban J connectivity index is 0.000000241. The SMILES string of the molecule is C1=CC=[NH+]c2ccccc2C=C1.C1=CC=[NH+]c2ccccc2C=C1.[Cl-].[Cl-]. The average molecular weight is 383 g/mol. The zero-order valence-electron chi connectivity index (χ0n) is 14.1. The summed E-state index contributed by atoms with van der Waals surface area (Å²) in [6.45, 7) is 0. The molecule has 0 saturated heterocycles. The van der Waals surface area contributed by atoms with Crippen LogP contribution in [0.2, 0.25) is 0 Å². The first kappa shape index (κ1) is 21.4. The van der Waals surface area contributed by atoms with Crippen molar-refractivity contribution in [3.05, 3.63) is 96.1 Å². The van der Waals surface area contributed by atoms with Crippen LogP contribution in [-0.2, 0) is 0 Å². The van der Waals surface area contributed by atoms with E-state index < -0.39 is 0 Å². The molecule has 0 unspecified atom stereocenters. The van der Waals surface area contributed by atoms with Crippen molar-refractivity contribution >= 4 is 36.0 Å². The van der Waals surface area contributed by atoms with Gasteiger partial charge in [-0.3, -0.25) is 0 Å². The third-order valence-corrected chi connectivity index (χ3v) is 3.59. The minimum atomic E-state index is 0. The van der Waals surface area contributed by atoms with Gasteiger partial charge < -0.3 is 24.8 Å². The summed E-state index contributed by atoms with van der Waals surface area (Å²) in [5, 5.41) is 0. The van der Waals surface area contributed by atoms with Crippen LogP contribution >= 0.6 is 0 Å². The summed E-state index contributed by atoms with van der Waals surface area (Å²) in [4.78, 5) is 6.40. The van der Waals surface area contributed by atoms with E-state index in [1.165, 1.54) is 11.1 Å². The van der Waals surface area contributed by atoms with Gasteiger partial charge in [-0.15, -0.1) is 0 Å². The number of fused-ring (bicyclic) bond motifs is 2. The highest BCUT2D eigenvalue weighted by molar-refractivity contribution is 5.72. The van der Waals surface area contributed by atoms with E-state index in [9.17, 15) is 0 Å². The predicted octanol–water partition coefficient (Wildman–Crippen LogP) is -3.89. The van der Waals surface area contributed by atoms with Crippen molar-refractivity contribution in [2.24, 2.45) is 0 Å². The van der Waals surface area contributed by atoms with Gasteiger partial charge >= 0.3 is 0 Å². The van der Waals surface area contributed by atoms with Crippen LogP contribution in [0, 0.1) is 0 Å². The van der Waals surface area contributed by atoms with Gasteiger partial charge in [0.2, 0.25) is 11.4 Å². The lowest BCUT2D eigenvalue weighted by atomic mass is 10.1. The molecule has 0 amide bonds. The Morgan fingerprint density at radius 1 is 0.462 bits per heavy atom. The van der Waals surface area contributed by atoms with E-state index in [4.69, 9.17) is 0 Å². The molecule has 0 aliphatic carbocycles. The normalized spacial score (nSPS) is 12.6. The third-order valence-electron chi connectivity index (χ3n) is 3.59. The predicted molar refractivity (Wildman–Crippen MR) is 103 cm³/mol. The average Bonchev–Trinajstić information content (AvgIpc) is 2.57. The molecule has 0 saturated carbocycles. The van der Waals surface area contributed by atoms with E-state index in [0.29, 0.717) is 0 Å². The van der Waals surface area contributed by atoms with E-state index in [2.05, 4.69) is 46.4 Å². The second-order valence-electron chi connectivity index (χ2n) is 5.28. The summed E-state index contributed by atoms with van der Waals surface area (Å²) in [6, 6.07) is 16.4. The molecule has 4 rings (SSSR count). The first-order valence-corrected chi connectivity index (χ1v) is 7.98. The van der Waals surface area contributed by atoms with Crippen LogP contribution in [0.1, 0.15) is 11.1 Å². The smallest absolute Gasteiger partial charge is 0.210 e. The highest BCUT2D eigenvalue weighted by Crippen LogP contribution is 2.11. The second kappa shape index (κ2) is 11.8. The van der Waals surface area contributed by atoms with E-state index in [-0.39, 0.29) is 24.8 Å². The number of rotatable bonds is 0. The van der Waals surface area contributed by atoms with Crippen molar-refractivity contribution in [1.29, 1.82) is 0 Å². The highest BCUT2D eigenvalue weighted by atomic mass is 35.5. The molecule has 0 bridgehead atoms. The molecule has 0 fully saturated rings. The quantitative estimate of drug-likeness (QED) is 0.466. The fourth-order valence-corrected chi connectivity index (χ4v) is 2.38. The molecule has 2 heterocycles. The molecule has 26 heavy (non-hydrogen) atoms. The van der Waals surface area contributed by atoms with E-state index in [1.54, 1.807) is 0 Å². The molecular weight excluding hydrogens is 363 g/mol. The molecule has 0 spiro atoms. The summed E-state index contributed by atoms with van der Waals surface area (Å²) in [7, 11) is 0. The maximum absolute atomic E-state index is 3.20. The van der Waals surface area contributed by atoms with Crippen molar-refractivity contribution in [3.63, 3.8) is 0 Å².